The first-order valence-corrected chi connectivity index (χ1v) is 5.12. The quantitative estimate of drug-likeness (QED) is 0.697. The van der Waals surface area contributed by atoms with Gasteiger partial charge in [0.05, 0.1) is 0 Å². The lowest BCUT2D eigenvalue weighted by atomic mass is 10.2. The van der Waals surface area contributed by atoms with Gasteiger partial charge in [-0.15, -0.1) is 0 Å². The molecule has 0 bridgehead atoms. The summed E-state index contributed by atoms with van der Waals surface area (Å²) in [6, 6.07) is 1.91. The van der Waals surface area contributed by atoms with Crippen LogP contribution in [0.1, 0.15) is 40.0 Å². The Bertz CT molecular complexity index is 124. The van der Waals surface area contributed by atoms with Crippen molar-refractivity contribution in [3.05, 3.63) is 0 Å². The van der Waals surface area contributed by atoms with Crippen molar-refractivity contribution in [3.8, 4) is 0 Å². The summed E-state index contributed by atoms with van der Waals surface area (Å²) in [5.41, 5.74) is 5.73. The van der Waals surface area contributed by atoms with Gasteiger partial charge in [0.2, 0.25) is 0 Å². The lowest BCUT2D eigenvalue weighted by Crippen LogP contribution is -2.35. The molecule has 1 rings (SSSR count). The van der Waals surface area contributed by atoms with Crippen molar-refractivity contribution in [2.24, 2.45) is 5.73 Å². The van der Waals surface area contributed by atoms with Gasteiger partial charge in [-0.05, 0) is 40.0 Å². The van der Waals surface area contributed by atoms with Crippen LogP contribution in [0.4, 0.5) is 0 Å². The molecular weight excluding hydrogens is 148 g/mol. The van der Waals surface area contributed by atoms with Gasteiger partial charge in [0, 0.05) is 24.7 Å². The van der Waals surface area contributed by atoms with E-state index < -0.39 is 0 Å². The second kappa shape index (κ2) is 4.24. The minimum atomic E-state index is 0.352. The van der Waals surface area contributed by atoms with Crippen LogP contribution >= 0.6 is 0 Å². The van der Waals surface area contributed by atoms with Crippen LogP contribution in [-0.4, -0.2) is 29.6 Å². The summed E-state index contributed by atoms with van der Waals surface area (Å²) in [4.78, 5) is 2.59. The highest BCUT2D eigenvalue weighted by molar-refractivity contribution is 4.82. The molecule has 1 aliphatic rings. The van der Waals surface area contributed by atoms with E-state index in [2.05, 4.69) is 25.7 Å². The van der Waals surface area contributed by atoms with Gasteiger partial charge >= 0.3 is 0 Å². The van der Waals surface area contributed by atoms with Crippen molar-refractivity contribution < 1.29 is 0 Å². The van der Waals surface area contributed by atoms with E-state index in [0.717, 1.165) is 18.5 Å². The lowest BCUT2D eigenvalue weighted by molar-refractivity contribution is 0.207. The molecule has 3 unspecified atom stereocenters. The number of hydrogen-bond acceptors (Lipinski definition) is 2. The van der Waals surface area contributed by atoms with Crippen LogP contribution in [0.5, 0.6) is 0 Å². The van der Waals surface area contributed by atoms with Crippen molar-refractivity contribution in [2.75, 3.05) is 6.54 Å². The van der Waals surface area contributed by atoms with E-state index in [1.165, 1.54) is 19.4 Å². The number of likely N-dealkylation sites (tertiary alicyclic amines) is 1. The third kappa shape index (κ3) is 2.46. The topological polar surface area (TPSA) is 29.3 Å². The zero-order valence-corrected chi connectivity index (χ0v) is 8.59. The molecule has 12 heavy (non-hydrogen) atoms. The van der Waals surface area contributed by atoms with Crippen molar-refractivity contribution >= 4 is 0 Å². The van der Waals surface area contributed by atoms with Crippen LogP contribution in [0.3, 0.4) is 0 Å². The molecule has 1 fully saturated rings. The summed E-state index contributed by atoms with van der Waals surface area (Å²) in [5, 5.41) is 0. The highest BCUT2D eigenvalue weighted by Gasteiger charge is 2.26. The van der Waals surface area contributed by atoms with Gasteiger partial charge < -0.3 is 5.73 Å². The summed E-state index contributed by atoms with van der Waals surface area (Å²) in [5.74, 6) is 0. The third-order valence-corrected chi connectivity index (χ3v) is 2.98. The molecule has 1 aliphatic heterocycles. The molecule has 0 radical (unpaired) electrons. The van der Waals surface area contributed by atoms with Crippen molar-refractivity contribution in [1.82, 2.24) is 4.90 Å². The van der Waals surface area contributed by atoms with Gasteiger partial charge in [-0.25, -0.2) is 0 Å². The Labute approximate surface area is 76.1 Å². The zero-order valence-electron chi connectivity index (χ0n) is 8.59. The Kier molecular flexibility index (Phi) is 3.53. The molecule has 0 spiro atoms. The molecule has 2 heteroatoms. The van der Waals surface area contributed by atoms with Gasteiger partial charge in [0.1, 0.15) is 0 Å². The van der Waals surface area contributed by atoms with Crippen LogP contribution in [0, 0.1) is 0 Å². The van der Waals surface area contributed by atoms with E-state index in [1.54, 1.807) is 0 Å². The monoisotopic (exact) mass is 170 g/mol. The second-order valence-electron chi connectivity index (χ2n) is 4.28. The maximum Gasteiger partial charge on any atom is 0.00703 e. The maximum atomic E-state index is 5.73. The summed E-state index contributed by atoms with van der Waals surface area (Å²) >= 11 is 0. The van der Waals surface area contributed by atoms with Crippen molar-refractivity contribution in [3.63, 3.8) is 0 Å². The summed E-state index contributed by atoms with van der Waals surface area (Å²) in [6.45, 7) is 7.92. The van der Waals surface area contributed by atoms with Gasteiger partial charge in [-0.3, -0.25) is 4.90 Å². The normalized spacial score (nSPS) is 34.0. The third-order valence-electron chi connectivity index (χ3n) is 2.98. The Morgan fingerprint density at radius 1 is 1.33 bits per heavy atom. The standard InChI is InChI=1S/C10H22N2/c1-8(11)6-7-12-9(2)4-5-10(12)3/h8-10H,4-7,11H2,1-3H3. The average molecular weight is 170 g/mol. The molecule has 0 aliphatic carbocycles. The van der Waals surface area contributed by atoms with Crippen LogP contribution in [-0.2, 0) is 0 Å². The Balaban J connectivity index is 2.29. The van der Waals surface area contributed by atoms with Gasteiger partial charge in [0.25, 0.3) is 0 Å². The SMILES string of the molecule is CC(N)CCN1C(C)CCC1C. The molecule has 3 atom stereocenters. The molecule has 0 aromatic rings. The van der Waals surface area contributed by atoms with E-state index >= 15 is 0 Å². The van der Waals surface area contributed by atoms with E-state index in [1.807, 2.05) is 0 Å². The molecule has 72 valence electrons. The molecule has 2 N–H and O–H groups in total. The molecule has 0 saturated carbocycles. The first-order chi connectivity index (χ1) is 5.61. The summed E-state index contributed by atoms with van der Waals surface area (Å²) in [7, 11) is 0. The van der Waals surface area contributed by atoms with E-state index in [9.17, 15) is 0 Å². The van der Waals surface area contributed by atoms with Crippen LogP contribution in [0.2, 0.25) is 0 Å². The largest absolute Gasteiger partial charge is 0.328 e. The summed E-state index contributed by atoms with van der Waals surface area (Å²) < 4.78 is 0. The number of nitrogens with two attached hydrogens (primary N) is 1. The lowest BCUT2D eigenvalue weighted by Gasteiger charge is -2.26. The highest BCUT2D eigenvalue weighted by Crippen LogP contribution is 2.23. The van der Waals surface area contributed by atoms with Crippen LogP contribution < -0.4 is 5.73 Å². The fraction of sp³-hybridized carbons (Fsp3) is 1.00. The number of nitrogens with zero attached hydrogens (tertiary/aromatic N) is 1. The predicted octanol–water partition coefficient (Wildman–Crippen LogP) is 1.60. The molecule has 2 nitrogen and oxygen atoms in total. The van der Waals surface area contributed by atoms with Crippen molar-refractivity contribution in [1.29, 1.82) is 0 Å². The summed E-state index contributed by atoms with van der Waals surface area (Å²) in [6.07, 6.45) is 3.86. The van der Waals surface area contributed by atoms with Gasteiger partial charge in [0.15, 0.2) is 0 Å². The number of rotatable bonds is 3. The van der Waals surface area contributed by atoms with Gasteiger partial charge in [-0.1, -0.05) is 0 Å². The molecule has 1 saturated heterocycles. The molecular formula is C10H22N2. The van der Waals surface area contributed by atoms with Gasteiger partial charge in [-0.2, -0.15) is 0 Å². The minimum Gasteiger partial charge on any atom is -0.328 e. The maximum absolute atomic E-state index is 5.73. The van der Waals surface area contributed by atoms with Crippen molar-refractivity contribution in [2.45, 2.75) is 58.2 Å². The van der Waals surface area contributed by atoms with E-state index in [-0.39, 0.29) is 0 Å². The first kappa shape index (κ1) is 10.0. The molecule has 0 aromatic heterocycles. The Morgan fingerprint density at radius 3 is 2.25 bits per heavy atom. The Morgan fingerprint density at radius 2 is 1.83 bits per heavy atom. The highest BCUT2D eigenvalue weighted by atomic mass is 15.2. The predicted molar refractivity (Wildman–Crippen MR) is 53.1 cm³/mol. The minimum absolute atomic E-state index is 0.352. The van der Waals surface area contributed by atoms with E-state index in [0.29, 0.717) is 6.04 Å². The van der Waals surface area contributed by atoms with Crippen LogP contribution in [0.15, 0.2) is 0 Å². The molecule has 0 amide bonds. The fourth-order valence-corrected chi connectivity index (χ4v) is 2.04. The second-order valence-corrected chi connectivity index (χ2v) is 4.28. The zero-order chi connectivity index (χ0) is 9.14. The fourth-order valence-electron chi connectivity index (χ4n) is 2.04. The van der Waals surface area contributed by atoms with E-state index in [4.69, 9.17) is 5.73 Å². The number of hydrogen-bond donors (Lipinski definition) is 1. The first-order valence-electron chi connectivity index (χ1n) is 5.12. The molecule has 0 aromatic carbocycles. The average Bonchev–Trinajstić information content (AvgIpc) is 2.28. The Hall–Kier alpha value is -0.0800. The molecule has 1 heterocycles. The van der Waals surface area contributed by atoms with Crippen LogP contribution in [0.25, 0.3) is 0 Å². The smallest absolute Gasteiger partial charge is 0.00703 e.